The highest BCUT2D eigenvalue weighted by atomic mass is 35.5. The van der Waals surface area contributed by atoms with Crippen molar-refractivity contribution < 1.29 is 0 Å². The van der Waals surface area contributed by atoms with E-state index in [4.69, 9.17) is 17.4 Å². The monoisotopic (exact) mass is 446 g/mol. The minimum atomic E-state index is -0.386. The summed E-state index contributed by atoms with van der Waals surface area (Å²) in [5.74, 6) is 7.26. The summed E-state index contributed by atoms with van der Waals surface area (Å²) in [5, 5.41) is 9.43. The first-order valence-electron chi connectivity index (χ1n) is 9.08. The number of halogens is 1. The van der Waals surface area contributed by atoms with Gasteiger partial charge in [0.1, 0.15) is 0 Å². The topological polar surface area (TPSA) is 119 Å². The molecule has 0 bridgehead atoms. The van der Waals surface area contributed by atoms with Crippen LogP contribution in [0.2, 0.25) is 5.02 Å². The van der Waals surface area contributed by atoms with Crippen molar-refractivity contribution in [2.24, 2.45) is 14.1 Å². The maximum absolute atomic E-state index is 12.7. The molecule has 0 aliphatic carbocycles. The molecule has 10 nitrogen and oxygen atoms in total. The largest absolute Gasteiger partial charge is 0.335 e. The van der Waals surface area contributed by atoms with Gasteiger partial charge in [-0.05, 0) is 30.7 Å². The summed E-state index contributed by atoms with van der Waals surface area (Å²) >= 11 is 7.32. The summed E-state index contributed by atoms with van der Waals surface area (Å²) in [6.07, 6.45) is 2.10. The van der Waals surface area contributed by atoms with Crippen LogP contribution in [0.1, 0.15) is 6.42 Å². The van der Waals surface area contributed by atoms with Crippen LogP contribution < -0.4 is 17.1 Å². The Hall–Kier alpha value is -3.05. The van der Waals surface area contributed by atoms with Crippen LogP contribution in [0.25, 0.3) is 22.6 Å². The van der Waals surface area contributed by atoms with E-state index in [0.717, 1.165) is 5.56 Å². The van der Waals surface area contributed by atoms with Gasteiger partial charge in [-0.15, -0.1) is 10.2 Å². The molecule has 0 amide bonds. The fraction of sp³-hybridized carbons (Fsp3) is 0.278. The Labute approximate surface area is 179 Å². The highest BCUT2D eigenvalue weighted by molar-refractivity contribution is 7.99. The van der Waals surface area contributed by atoms with Gasteiger partial charge in [0.15, 0.2) is 17.0 Å². The molecule has 0 fully saturated rings. The van der Waals surface area contributed by atoms with Gasteiger partial charge in [0.2, 0.25) is 5.16 Å². The fourth-order valence-corrected chi connectivity index (χ4v) is 4.06. The molecule has 12 heteroatoms. The minimum Gasteiger partial charge on any atom is -0.335 e. The van der Waals surface area contributed by atoms with E-state index in [-0.39, 0.29) is 17.8 Å². The van der Waals surface area contributed by atoms with Crippen molar-refractivity contribution in [3.05, 3.63) is 56.5 Å². The number of imidazole rings is 1. The minimum absolute atomic E-state index is 0.280. The molecule has 2 N–H and O–H groups in total. The summed E-state index contributed by atoms with van der Waals surface area (Å²) in [6, 6.07) is 7.16. The maximum atomic E-state index is 12.7. The van der Waals surface area contributed by atoms with Crippen LogP contribution in [0.5, 0.6) is 0 Å². The summed E-state index contributed by atoms with van der Waals surface area (Å²) in [6.45, 7) is 0.280. The lowest BCUT2D eigenvalue weighted by molar-refractivity contribution is 0.594. The van der Waals surface area contributed by atoms with Crippen LogP contribution in [0, 0.1) is 0 Å². The molecule has 0 unspecified atom stereocenters. The van der Waals surface area contributed by atoms with Crippen LogP contribution in [-0.4, -0.2) is 39.3 Å². The molecule has 0 saturated heterocycles. The molecule has 0 radical (unpaired) electrons. The van der Waals surface area contributed by atoms with Crippen LogP contribution in [0.4, 0.5) is 0 Å². The Kier molecular flexibility index (Phi) is 5.39. The van der Waals surface area contributed by atoms with Gasteiger partial charge in [0.05, 0.1) is 6.33 Å². The fourth-order valence-electron chi connectivity index (χ4n) is 3.15. The molecular weight excluding hydrogens is 428 g/mol. The maximum Gasteiger partial charge on any atom is 0.332 e. The molecule has 1 aromatic carbocycles. The summed E-state index contributed by atoms with van der Waals surface area (Å²) in [5.41, 5.74) is 0.859. The molecule has 156 valence electrons. The lowest BCUT2D eigenvalue weighted by Crippen LogP contribution is -2.39. The molecule has 0 atom stereocenters. The third-order valence-electron chi connectivity index (χ3n) is 4.73. The molecule has 30 heavy (non-hydrogen) atoms. The number of hydrogen-bond acceptors (Lipinski definition) is 7. The Bertz CT molecular complexity index is 1340. The average Bonchev–Trinajstić information content (AvgIpc) is 3.29. The quantitative estimate of drug-likeness (QED) is 0.269. The van der Waals surface area contributed by atoms with Crippen molar-refractivity contribution in [3.63, 3.8) is 0 Å². The van der Waals surface area contributed by atoms with Gasteiger partial charge < -0.3 is 10.4 Å². The van der Waals surface area contributed by atoms with E-state index in [9.17, 15) is 9.59 Å². The number of fused-ring (bicyclic) bond motifs is 1. The lowest BCUT2D eigenvalue weighted by atomic mass is 10.2. The number of nitrogens with two attached hydrogens (primary N) is 1. The van der Waals surface area contributed by atoms with E-state index >= 15 is 0 Å². The highest BCUT2D eigenvalue weighted by Gasteiger charge is 2.15. The smallest absolute Gasteiger partial charge is 0.332 e. The zero-order chi connectivity index (χ0) is 21.4. The van der Waals surface area contributed by atoms with Crippen LogP contribution in [0.3, 0.4) is 0 Å². The Morgan fingerprint density at radius 1 is 1.13 bits per heavy atom. The predicted molar refractivity (Wildman–Crippen MR) is 116 cm³/mol. The molecule has 0 spiro atoms. The van der Waals surface area contributed by atoms with Gasteiger partial charge in [0, 0.05) is 37.0 Å². The SMILES string of the molecule is Cn1cnc2c1c(=O)n(CCCSc1nnc(-c3ccc(Cl)cc3)n1N)c(=O)n2C. The second kappa shape index (κ2) is 8.00. The first kappa shape index (κ1) is 20.2. The van der Waals surface area contributed by atoms with Gasteiger partial charge in [-0.1, -0.05) is 23.4 Å². The van der Waals surface area contributed by atoms with Crippen LogP contribution in [-0.2, 0) is 20.6 Å². The van der Waals surface area contributed by atoms with E-state index in [1.807, 2.05) is 12.1 Å². The van der Waals surface area contributed by atoms with Gasteiger partial charge >= 0.3 is 5.69 Å². The molecule has 3 aromatic heterocycles. The number of rotatable bonds is 6. The number of aryl methyl sites for hydroxylation is 2. The number of nitrogens with zero attached hydrogens (tertiary/aromatic N) is 7. The van der Waals surface area contributed by atoms with Gasteiger partial charge in [0.25, 0.3) is 5.56 Å². The first-order valence-corrected chi connectivity index (χ1v) is 10.4. The molecule has 0 aliphatic rings. The van der Waals surface area contributed by atoms with Crippen molar-refractivity contribution in [3.8, 4) is 11.4 Å². The number of hydrogen-bond donors (Lipinski definition) is 1. The molecule has 4 aromatic rings. The number of aromatic nitrogens is 7. The van der Waals surface area contributed by atoms with E-state index < -0.39 is 0 Å². The Morgan fingerprint density at radius 2 is 1.87 bits per heavy atom. The van der Waals surface area contributed by atoms with Gasteiger partial charge in [-0.3, -0.25) is 13.9 Å². The summed E-state index contributed by atoms with van der Waals surface area (Å²) in [7, 11) is 3.34. The number of benzene rings is 1. The lowest BCUT2D eigenvalue weighted by Gasteiger charge is -2.08. The second-order valence-electron chi connectivity index (χ2n) is 6.71. The standard InChI is InChI=1S/C18H19ClN8O2S/c1-24-10-21-15-13(24)16(28)26(18(29)25(15)2)8-3-9-30-17-23-22-14(27(17)20)11-4-6-12(19)7-5-11/h4-7,10H,3,8-9,20H2,1-2H3. The second-order valence-corrected chi connectivity index (χ2v) is 8.21. The summed E-state index contributed by atoms with van der Waals surface area (Å²) in [4.78, 5) is 29.4. The Morgan fingerprint density at radius 3 is 2.60 bits per heavy atom. The van der Waals surface area contributed by atoms with E-state index in [2.05, 4.69) is 15.2 Å². The first-order chi connectivity index (χ1) is 14.4. The van der Waals surface area contributed by atoms with Crippen molar-refractivity contribution in [1.82, 2.24) is 33.6 Å². The van der Waals surface area contributed by atoms with Crippen molar-refractivity contribution >= 4 is 34.5 Å². The average molecular weight is 447 g/mol. The van der Waals surface area contributed by atoms with Crippen LogP contribution >= 0.6 is 23.4 Å². The van der Waals surface area contributed by atoms with Gasteiger partial charge in [-0.2, -0.15) is 0 Å². The van der Waals surface area contributed by atoms with E-state index in [1.165, 1.54) is 31.9 Å². The zero-order valence-electron chi connectivity index (χ0n) is 16.3. The third-order valence-corrected chi connectivity index (χ3v) is 6.01. The van der Waals surface area contributed by atoms with E-state index in [0.29, 0.717) is 39.3 Å². The predicted octanol–water partition coefficient (Wildman–Crippen LogP) is 1.24. The molecule has 0 aliphatic heterocycles. The Balaban J connectivity index is 1.46. The number of nitrogen functional groups attached to an aromatic ring is 1. The third kappa shape index (κ3) is 3.50. The molecule has 0 saturated carbocycles. The molecular formula is C18H19ClN8O2S. The zero-order valence-corrected chi connectivity index (χ0v) is 17.9. The van der Waals surface area contributed by atoms with Crippen LogP contribution in [0.15, 0.2) is 45.3 Å². The van der Waals surface area contributed by atoms with Crippen molar-refractivity contribution in [2.45, 2.75) is 18.1 Å². The van der Waals surface area contributed by atoms with Crippen molar-refractivity contribution in [2.75, 3.05) is 11.6 Å². The number of thioether (sulfide) groups is 1. The molecule has 3 heterocycles. The molecule has 4 rings (SSSR count). The summed E-state index contributed by atoms with van der Waals surface area (Å²) < 4.78 is 5.66. The van der Waals surface area contributed by atoms with E-state index in [1.54, 1.807) is 30.8 Å². The highest BCUT2D eigenvalue weighted by Crippen LogP contribution is 2.23. The van der Waals surface area contributed by atoms with Gasteiger partial charge in [-0.25, -0.2) is 14.5 Å². The van der Waals surface area contributed by atoms with Crippen molar-refractivity contribution in [1.29, 1.82) is 0 Å². The normalized spacial score (nSPS) is 11.4.